The summed E-state index contributed by atoms with van der Waals surface area (Å²) in [7, 11) is 3.77. The largest absolute Gasteiger partial charge is 0.385 e. The van der Waals surface area contributed by atoms with E-state index in [-0.39, 0.29) is 17.3 Å². The molecule has 0 aliphatic carbocycles. The molecule has 0 radical (unpaired) electrons. The second kappa shape index (κ2) is 9.21. The van der Waals surface area contributed by atoms with Crippen LogP contribution in [0.4, 0.5) is 9.52 Å². The van der Waals surface area contributed by atoms with Crippen molar-refractivity contribution in [3.8, 4) is 0 Å². The van der Waals surface area contributed by atoms with Crippen molar-refractivity contribution < 1.29 is 13.8 Å². The van der Waals surface area contributed by atoms with Crippen molar-refractivity contribution in [3.63, 3.8) is 0 Å². The predicted octanol–water partition coefficient (Wildman–Crippen LogP) is 2.62. The molecule has 0 bridgehead atoms. The average Bonchev–Trinajstić information content (AvgIpc) is 3.44. The lowest BCUT2D eigenvalue weighted by molar-refractivity contribution is -0.627. The number of carbonyl (C=O) groups excluding carboxylic acids is 1. The Morgan fingerprint density at radius 1 is 1.11 bits per heavy atom. The number of hydrogen-bond donors (Lipinski definition) is 0. The molecule has 0 unspecified atom stereocenters. The van der Waals surface area contributed by atoms with Crippen molar-refractivity contribution in [1.29, 1.82) is 0 Å². The van der Waals surface area contributed by atoms with E-state index < -0.39 is 0 Å². The van der Waals surface area contributed by atoms with E-state index in [0.717, 1.165) is 15.9 Å². The van der Waals surface area contributed by atoms with Crippen LogP contribution in [-0.4, -0.2) is 39.0 Å². The molecule has 4 heterocycles. The van der Waals surface area contributed by atoms with E-state index in [0.29, 0.717) is 37.5 Å². The Hall–Kier alpha value is -3.02. The fourth-order valence-corrected chi connectivity index (χ4v) is 7.57. The van der Waals surface area contributed by atoms with Crippen LogP contribution in [0.2, 0.25) is 0 Å². The van der Waals surface area contributed by atoms with Gasteiger partial charge in [-0.1, -0.05) is 6.08 Å². The van der Waals surface area contributed by atoms with Crippen LogP contribution in [0.5, 0.6) is 0 Å². The molecule has 0 spiro atoms. The third-order valence-corrected chi connectivity index (χ3v) is 9.32. The highest BCUT2D eigenvalue weighted by atomic mass is 32.2. The van der Waals surface area contributed by atoms with Crippen molar-refractivity contribution in [2.75, 3.05) is 13.6 Å². The van der Waals surface area contributed by atoms with E-state index in [4.69, 9.17) is 4.99 Å². The number of aryl methyl sites for hydroxylation is 1. The zero-order valence-corrected chi connectivity index (χ0v) is 22.1. The van der Waals surface area contributed by atoms with E-state index in [9.17, 15) is 14.0 Å². The molecule has 7 nitrogen and oxygen atoms in total. The number of fused-ring (bicyclic) bond motifs is 1. The van der Waals surface area contributed by atoms with Crippen molar-refractivity contribution >= 4 is 71.5 Å². The molecule has 2 aliphatic heterocycles. The van der Waals surface area contributed by atoms with Gasteiger partial charge in [-0.25, -0.2) is 8.96 Å². The minimum Gasteiger partial charge on any atom is -0.350 e. The molecule has 2 aromatic heterocycles. The van der Waals surface area contributed by atoms with Gasteiger partial charge >= 0.3 is 5.13 Å². The van der Waals surface area contributed by atoms with Gasteiger partial charge in [0, 0.05) is 26.3 Å². The van der Waals surface area contributed by atoms with E-state index in [1.165, 1.54) is 46.6 Å². The number of thioether (sulfide) groups is 1. The van der Waals surface area contributed by atoms with E-state index in [2.05, 4.69) is 0 Å². The van der Waals surface area contributed by atoms with Gasteiger partial charge in [0.1, 0.15) is 25.4 Å². The molecule has 1 fully saturated rings. The minimum atomic E-state index is -0.298. The number of thiazole rings is 2. The number of amidine groups is 1. The molecule has 0 N–H and O–H groups in total. The Labute approximate surface area is 213 Å². The molecule has 11 heteroatoms. The van der Waals surface area contributed by atoms with Gasteiger partial charge in [0.2, 0.25) is 0 Å². The fourth-order valence-electron chi connectivity index (χ4n) is 3.98. The summed E-state index contributed by atoms with van der Waals surface area (Å²) in [6, 6.07) is 4.64. The van der Waals surface area contributed by atoms with E-state index >= 15 is 0 Å². The van der Waals surface area contributed by atoms with Crippen LogP contribution in [0.3, 0.4) is 0 Å². The topological polar surface area (TPSA) is 61.8 Å². The first-order valence-electron chi connectivity index (χ1n) is 11.1. The quantitative estimate of drug-likeness (QED) is 0.491. The van der Waals surface area contributed by atoms with E-state index in [1.54, 1.807) is 15.5 Å². The van der Waals surface area contributed by atoms with Crippen LogP contribution in [0.15, 0.2) is 52.4 Å². The number of benzene rings is 1. The Bertz CT molecular complexity index is 1640. The highest BCUT2D eigenvalue weighted by Gasteiger charge is 2.38. The van der Waals surface area contributed by atoms with Gasteiger partial charge in [-0.15, -0.1) is 11.3 Å². The average molecular weight is 529 g/mol. The van der Waals surface area contributed by atoms with Crippen LogP contribution in [0.25, 0.3) is 20.8 Å². The number of carbonyl (C=O) groups is 1. The van der Waals surface area contributed by atoms with Crippen LogP contribution in [-0.2, 0) is 18.4 Å². The Morgan fingerprint density at radius 3 is 2.63 bits per heavy atom. The molecular formula is C24H23FN5O2S3+. The maximum atomic E-state index is 13.7. The lowest BCUT2D eigenvalue weighted by Gasteiger charge is -2.16. The zero-order valence-electron chi connectivity index (χ0n) is 19.6. The SMILES string of the molecule is CCN1C(=O)/C(=c2/s/c(=C3/C=CC=CN3C)c(=O)n2CC)S/C1=N\c1sc2cc(F)ccc2[n+]1C. The zero-order chi connectivity index (χ0) is 24.9. The smallest absolute Gasteiger partial charge is 0.350 e. The molecule has 1 amide bonds. The van der Waals surface area contributed by atoms with Gasteiger partial charge in [0.05, 0.1) is 17.4 Å². The Balaban J connectivity index is 1.69. The first-order valence-corrected chi connectivity index (χ1v) is 13.5. The summed E-state index contributed by atoms with van der Waals surface area (Å²) in [6.07, 6.45) is 7.60. The summed E-state index contributed by atoms with van der Waals surface area (Å²) in [5.41, 5.74) is 1.56. The number of aliphatic imine (C=N–C) groups is 1. The van der Waals surface area contributed by atoms with Gasteiger partial charge in [0.25, 0.3) is 16.6 Å². The van der Waals surface area contributed by atoms with Gasteiger partial charge in [-0.3, -0.25) is 19.1 Å². The number of hydrogen-bond acceptors (Lipinski definition) is 7. The van der Waals surface area contributed by atoms with Crippen LogP contribution in [0.1, 0.15) is 13.8 Å². The summed E-state index contributed by atoms with van der Waals surface area (Å²) in [5.74, 6) is -0.467. The second-order valence-corrected chi connectivity index (χ2v) is 10.9. The monoisotopic (exact) mass is 528 g/mol. The van der Waals surface area contributed by atoms with Crippen LogP contribution < -0.4 is 19.3 Å². The van der Waals surface area contributed by atoms with Crippen molar-refractivity contribution in [1.82, 2.24) is 14.4 Å². The molecule has 5 rings (SSSR count). The van der Waals surface area contributed by atoms with E-state index in [1.807, 2.05) is 61.8 Å². The summed E-state index contributed by atoms with van der Waals surface area (Å²) in [5, 5.41) is 1.21. The maximum Gasteiger partial charge on any atom is 0.385 e. The number of allylic oxidation sites excluding steroid dienone is 2. The molecule has 35 heavy (non-hydrogen) atoms. The molecule has 3 aromatic rings. The first-order chi connectivity index (χ1) is 16.8. The van der Waals surface area contributed by atoms with Gasteiger partial charge in [0.15, 0.2) is 0 Å². The second-order valence-electron chi connectivity index (χ2n) is 7.91. The fraction of sp³-hybridized carbons (Fsp3) is 0.250. The molecule has 1 aromatic carbocycles. The minimum absolute atomic E-state index is 0.110. The third-order valence-electron chi connectivity index (χ3n) is 5.82. The number of amides is 1. The lowest BCUT2D eigenvalue weighted by Crippen LogP contribution is -2.35. The maximum absolute atomic E-state index is 13.7. The molecule has 0 saturated carbocycles. The number of rotatable bonds is 3. The summed E-state index contributed by atoms with van der Waals surface area (Å²) >= 11 is 3.98. The molecule has 180 valence electrons. The standard InChI is InChI=1S/C24H23FN5O2S3/c1-5-29-20(31)18(16-9-7-8-12-27(16)3)34-22(29)19-21(32)30(6-2)24(35-19)26-23-28(4)15-11-10-14(25)13-17(15)33-23/h7-13H,5-6H2,1-4H3/q+1/b18-16-,22-19-. The summed E-state index contributed by atoms with van der Waals surface area (Å²) in [4.78, 5) is 35.6. The van der Waals surface area contributed by atoms with Gasteiger partial charge < -0.3 is 4.90 Å². The molecular weight excluding hydrogens is 505 g/mol. The molecule has 0 atom stereocenters. The van der Waals surface area contributed by atoms with Crippen molar-refractivity contribution in [2.45, 2.75) is 20.4 Å². The number of halogens is 1. The van der Waals surface area contributed by atoms with Crippen molar-refractivity contribution in [2.24, 2.45) is 12.0 Å². The van der Waals surface area contributed by atoms with Crippen LogP contribution >= 0.6 is 34.4 Å². The normalized spacial score (nSPS) is 20.3. The molecule has 1 saturated heterocycles. The highest BCUT2D eigenvalue weighted by Crippen LogP contribution is 2.34. The third kappa shape index (κ3) is 3.97. The van der Waals surface area contributed by atoms with Gasteiger partial charge in [-0.2, -0.15) is 0 Å². The number of likely N-dealkylation sites (N-methyl/N-ethyl adjacent to an activating group) is 1. The number of aromatic nitrogens is 2. The van der Waals surface area contributed by atoms with Crippen molar-refractivity contribution in [3.05, 3.63) is 68.0 Å². The summed E-state index contributed by atoms with van der Waals surface area (Å²) < 4.78 is 19.3. The van der Waals surface area contributed by atoms with Gasteiger partial charge in [-0.05, 0) is 72.3 Å². The lowest BCUT2D eigenvalue weighted by atomic mass is 10.3. The highest BCUT2D eigenvalue weighted by molar-refractivity contribution is 8.23. The Morgan fingerprint density at radius 2 is 1.91 bits per heavy atom. The predicted molar refractivity (Wildman–Crippen MR) is 141 cm³/mol. The number of nitrogens with zero attached hydrogens (tertiary/aromatic N) is 5. The summed E-state index contributed by atoms with van der Waals surface area (Å²) in [6.45, 7) is 4.70. The Kier molecular flexibility index (Phi) is 6.24. The first kappa shape index (κ1) is 23.7. The molecule has 2 aliphatic rings. The van der Waals surface area contributed by atoms with Crippen LogP contribution in [0, 0.1) is 5.82 Å².